The zero-order valence-electron chi connectivity index (χ0n) is 14.9. The van der Waals surface area contributed by atoms with Crippen LogP contribution in [0.1, 0.15) is 43.2 Å². The number of thiophene rings is 1. The molecule has 3 heterocycles. The zero-order valence-corrected chi connectivity index (χ0v) is 16.5. The number of carbonyl (C=O) groups is 1. The average molecular weight is 391 g/mol. The Bertz CT molecular complexity index is 938. The van der Waals surface area contributed by atoms with Gasteiger partial charge in [0.05, 0.1) is 10.9 Å². The van der Waals surface area contributed by atoms with Crippen LogP contribution in [0.4, 0.5) is 5.69 Å². The molecule has 1 saturated heterocycles. The van der Waals surface area contributed by atoms with Gasteiger partial charge in [0.15, 0.2) is 0 Å². The van der Waals surface area contributed by atoms with Crippen LogP contribution in [0.3, 0.4) is 0 Å². The Balaban J connectivity index is 1.69. The second kappa shape index (κ2) is 6.48. The van der Waals surface area contributed by atoms with E-state index in [1.165, 1.54) is 0 Å². The number of rotatable bonds is 3. The average Bonchev–Trinajstić information content (AvgIpc) is 3.31. The topological polar surface area (TPSA) is 57.7 Å². The summed E-state index contributed by atoms with van der Waals surface area (Å²) in [6.45, 7) is 4.09. The van der Waals surface area contributed by atoms with Gasteiger partial charge in [0.1, 0.15) is 0 Å². The minimum absolute atomic E-state index is 0.0100. The normalized spacial score (nSPS) is 23.4. The molecule has 138 valence electrons. The number of nitrogens with zero attached hydrogens (tertiary/aromatic N) is 2. The highest BCUT2D eigenvalue weighted by Gasteiger charge is 2.38. The van der Waals surface area contributed by atoms with Gasteiger partial charge in [-0.3, -0.25) is 4.79 Å². The quantitative estimate of drug-likeness (QED) is 0.805. The van der Waals surface area contributed by atoms with Gasteiger partial charge in [-0.15, -0.1) is 11.3 Å². The van der Waals surface area contributed by atoms with Crippen LogP contribution in [-0.2, 0) is 21.2 Å². The standard InChI is InChI=1S/C19H22N2O3S2/c1-13-11-15-12-16(7-8-17(15)21(13)14(2)22)26(23,24)20-9-3-5-18(20)19-6-4-10-25-19/h4,6-8,10,12-13,18H,3,5,9,11H2,1-2H3. The molecule has 0 saturated carbocycles. The number of anilines is 1. The Morgan fingerprint density at radius 2 is 2.08 bits per heavy atom. The van der Waals surface area contributed by atoms with Gasteiger partial charge in [0.25, 0.3) is 0 Å². The first-order valence-corrected chi connectivity index (χ1v) is 11.2. The number of sulfonamides is 1. The first kappa shape index (κ1) is 17.7. The van der Waals surface area contributed by atoms with Gasteiger partial charge in [-0.05, 0) is 61.4 Å². The molecule has 2 unspecified atom stereocenters. The molecule has 1 aromatic carbocycles. The Kier molecular flexibility index (Phi) is 4.41. The summed E-state index contributed by atoms with van der Waals surface area (Å²) >= 11 is 1.61. The van der Waals surface area contributed by atoms with E-state index in [0.717, 1.165) is 29.0 Å². The van der Waals surface area contributed by atoms with E-state index in [9.17, 15) is 13.2 Å². The first-order chi connectivity index (χ1) is 12.4. The van der Waals surface area contributed by atoms with Crippen molar-refractivity contribution in [3.8, 4) is 0 Å². The van der Waals surface area contributed by atoms with Crippen molar-refractivity contribution in [2.75, 3.05) is 11.4 Å². The van der Waals surface area contributed by atoms with E-state index in [2.05, 4.69) is 0 Å². The Hall–Kier alpha value is -1.70. The lowest BCUT2D eigenvalue weighted by molar-refractivity contribution is -0.116. The molecule has 7 heteroatoms. The molecule has 2 aromatic rings. The molecule has 1 amide bonds. The summed E-state index contributed by atoms with van der Waals surface area (Å²) in [5.74, 6) is -0.0100. The number of carbonyl (C=O) groups excluding carboxylic acids is 1. The lowest BCUT2D eigenvalue weighted by atomic mass is 10.1. The van der Waals surface area contributed by atoms with Crippen molar-refractivity contribution in [3.63, 3.8) is 0 Å². The van der Waals surface area contributed by atoms with Crippen molar-refractivity contribution < 1.29 is 13.2 Å². The van der Waals surface area contributed by atoms with E-state index in [1.807, 2.05) is 24.4 Å². The van der Waals surface area contributed by atoms with E-state index in [0.29, 0.717) is 17.9 Å². The smallest absolute Gasteiger partial charge is 0.243 e. The largest absolute Gasteiger partial charge is 0.309 e. The number of fused-ring (bicyclic) bond motifs is 1. The molecular formula is C19H22N2O3S2. The van der Waals surface area contributed by atoms with Gasteiger partial charge in [0.2, 0.25) is 15.9 Å². The highest BCUT2D eigenvalue weighted by molar-refractivity contribution is 7.89. The molecule has 0 radical (unpaired) electrons. The number of hydrogen-bond donors (Lipinski definition) is 0. The van der Waals surface area contributed by atoms with Crippen LogP contribution in [0.2, 0.25) is 0 Å². The van der Waals surface area contributed by atoms with Gasteiger partial charge in [-0.25, -0.2) is 8.42 Å². The van der Waals surface area contributed by atoms with Crippen LogP contribution < -0.4 is 4.90 Å². The highest BCUT2D eigenvalue weighted by atomic mass is 32.2. The van der Waals surface area contributed by atoms with E-state index in [4.69, 9.17) is 0 Å². The molecule has 0 spiro atoms. The maximum absolute atomic E-state index is 13.3. The summed E-state index contributed by atoms with van der Waals surface area (Å²) in [4.78, 5) is 15.1. The fourth-order valence-electron chi connectivity index (χ4n) is 4.18. The van der Waals surface area contributed by atoms with Crippen molar-refractivity contribution in [2.24, 2.45) is 0 Å². The van der Waals surface area contributed by atoms with Gasteiger partial charge in [-0.1, -0.05) is 6.07 Å². The molecule has 2 aliphatic heterocycles. The molecule has 2 atom stereocenters. The van der Waals surface area contributed by atoms with Crippen molar-refractivity contribution in [1.82, 2.24) is 4.31 Å². The van der Waals surface area contributed by atoms with Gasteiger partial charge in [-0.2, -0.15) is 4.31 Å². The van der Waals surface area contributed by atoms with E-state index in [1.54, 1.807) is 45.7 Å². The fourth-order valence-corrected chi connectivity index (χ4v) is 6.84. The second-order valence-corrected chi connectivity index (χ2v) is 9.89. The van der Waals surface area contributed by atoms with Crippen LogP contribution in [0.25, 0.3) is 0 Å². The maximum Gasteiger partial charge on any atom is 0.243 e. The van der Waals surface area contributed by atoms with Crippen molar-refractivity contribution in [2.45, 2.75) is 50.1 Å². The minimum atomic E-state index is -3.55. The summed E-state index contributed by atoms with van der Waals surface area (Å²) in [5.41, 5.74) is 1.76. The fraction of sp³-hybridized carbons (Fsp3) is 0.421. The van der Waals surface area contributed by atoms with Gasteiger partial charge in [0, 0.05) is 30.1 Å². The predicted octanol–water partition coefficient (Wildman–Crippen LogP) is 3.57. The molecule has 2 aliphatic rings. The monoisotopic (exact) mass is 390 g/mol. The third-order valence-electron chi connectivity index (χ3n) is 5.29. The molecule has 0 bridgehead atoms. The zero-order chi connectivity index (χ0) is 18.5. The third-order valence-corrected chi connectivity index (χ3v) is 8.17. The lowest BCUT2D eigenvalue weighted by Gasteiger charge is -2.24. The number of hydrogen-bond acceptors (Lipinski definition) is 4. The Labute approximate surface area is 158 Å². The SMILES string of the molecule is CC(=O)N1c2ccc(S(=O)(=O)N3CCCC3c3cccs3)cc2CC1C. The van der Waals surface area contributed by atoms with E-state index < -0.39 is 10.0 Å². The molecular weight excluding hydrogens is 368 g/mol. The number of benzene rings is 1. The van der Waals surface area contributed by atoms with Crippen molar-refractivity contribution in [1.29, 1.82) is 0 Å². The van der Waals surface area contributed by atoms with Crippen molar-refractivity contribution >= 4 is 33.0 Å². The molecule has 5 nitrogen and oxygen atoms in total. The van der Waals surface area contributed by atoms with E-state index in [-0.39, 0.29) is 18.0 Å². The summed E-state index contributed by atoms with van der Waals surface area (Å²) < 4.78 is 28.2. The van der Waals surface area contributed by atoms with Crippen LogP contribution in [0.5, 0.6) is 0 Å². The minimum Gasteiger partial charge on any atom is -0.309 e. The van der Waals surface area contributed by atoms with Crippen LogP contribution >= 0.6 is 11.3 Å². The van der Waals surface area contributed by atoms with Crippen LogP contribution in [0, 0.1) is 0 Å². The maximum atomic E-state index is 13.3. The van der Waals surface area contributed by atoms with Gasteiger partial charge >= 0.3 is 0 Å². The molecule has 4 rings (SSSR count). The van der Waals surface area contributed by atoms with Crippen LogP contribution in [-0.4, -0.2) is 31.2 Å². The Morgan fingerprint density at radius 1 is 1.27 bits per heavy atom. The van der Waals surface area contributed by atoms with Gasteiger partial charge < -0.3 is 4.90 Å². The lowest BCUT2D eigenvalue weighted by Crippen LogP contribution is -2.33. The summed E-state index contributed by atoms with van der Waals surface area (Å²) in [5, 5.41) is 1.99. The summed E-state index contributed by atoms with van der Waals surface area (Å²) in [6.07, 6.45) is 2.42. The molecule has 0 aliphatic carbocycles. The molecule has 26 heavy (non-hydrogen) atoms. The summed E-state index contributed by atoms with van der Waals surface area (Å²) in [7, 11) is -3.55. The van der Waals surface area contributed by atoms with E-state index >= 15 is 0 Å². The highest BCUT2D eigenvalue weighted by Crippen LogP contribution is 2.40. The molecule has 0 N–H and O–H groups in total. The predicted molar refractivity (Wildman–Crippen MR) is 103 cm³/mol. The summed E-state index contributed by atoms with van der Waals surface area (Å²) in [6, 6.07) is 9.16. The number of amides is 1. The third kappa shape index (κ3) is 2.78. The molecule has 1 fully saturated rings. The van der Waals surface area contributed by atoms with Crippen molar-refractivity contribution in [3.05, 3.63) is 46.2 Å². The second-order valence-electron chi connectivity index (χ2n) is 7.02. The molecule has 1 aromatic heterocycles. The Morgan fingerprint density at radius 3 is 2.77 bits per heavy atom. The van der Waals surface area contributed by atoms with Crippen LogP contribution in [0.15, 0.2) is 40.6 Å². The first-order valence-electron chi connectivity index (χ1n) is 8.87.